The van der Waals surface area contributed by atoms with Gasteiger partial charge in [-0.2, -0.15) is 5.26 Å². The minimum atomic E-state index is 0.535. The molecule has 3 rings (SSSR count). The maximum atomic E-state index is 9.55. The van der Waals surface area contributed by atoms with E-state index in [0.29, 0.717) is 17.2 Å². The molecule has 0 amide bonds. The van der Waals surface area contributed by atoms with Crippen molar-refractivity contribution >= 4 is 23.0 Å². The maximum Gasteiger partial charge on any atom is 0.134 e. The molecule has 5 heteroatoms. The molecule has 1 heterocycles. The van der Waals surface area contributed by atoms with E-state index >= 15 is 0 Å². The number of nitrogens with zero attached hydrogens (tertiary/aromatic N) is 2. The molecule has 0 N–H and O–H groups in total. The van der Waals surface area contributed by atoms with Crippen molar-refractivity contribution in [2.45, 2.75) is 6.92 Å². The number of hydrogen-bond acceptors (Lipinski definition) is 5. The van der Waals surface area contributed by atoms with Crippen LogP contribution in [0.5, 0.6) is 11.5 Å². The van der Waals surface area contributed by atoms with Gasteiger partial charge in [-0.3, -0.25) is 0 Å². The zero-order valence-corrected chi connectivity index (χ0v) is 15.4. The number of nitriles is 1. The summed E-state index contributed by atoms with van der Waals surface area (Å²) in [4.78, 5) is 4.62. The van der Waals surface area contributed by atoms with Crippen LogP contribution in [0.15, 0.2) is 53.9 Å². The lowest BCUT2D eigenvalue weighted by molar-refractivity contribution is 0.340. The van der Waals surface area contributed by atoms with E-state index < -0.39 is 0 Å². The molecule has 0 spiro atoms. The molecule has 0 bridgehead atoms. The fourth-order valence-corrected chi connectivity index (χ4v) is 3.24. The average Bonchev–Trinajstić information content (AvgIpc) is 3.18. The number of benzene rings is 2. The Kier molecular flexibility index (Phi) is 5.67. The number of aromatic nitrogens is 1. The lowest BCUT2D eigenvalue weighted by atomic mass is 10.1. The minimum absolute atomic E-state index is 0.535. The summed E-state index contributed by atoms with van der Waals surface area (Å²) in [6, 6.07) is 17.6. The first-order valence-electron chi connectivity index (χ1n) is 8.18. The topological polar surface area (TPSA) is 55.1 Å². The van der Waals surface area contributed by atoms with Crippen LogP contribution in [0.25, 0.3) is 22.9 Å². The molecule has 0 unspecified atom stereocenters. The van der Waals surface area contributed by atoms with Gasteiger partial charge < -0.3 is 9.47 Å². The predicted molar refractivity (Wildman–Crippen MR) is 105 cm³/mol. The molecule has 0 saturated heterocycles. The molecule has 0 aliphatic carbocycles. The van der Waals surface area contributed by atoms with Crippen molar-refractivity contribution < 1.29 is 9.47 Å². The second-order valence-corrected chi connectivity index (χ2v) is 6.30. The highest BCUT2D eigenvalue weighted by Gasteiger charge is 2.10. The van der Waals surface area contributed by atoms with Gasteiger partial charge in [0.15, 0.2) is 0 Å². The van der Waals surface area contributed by atoms with Gasteiger partial charge in [0.1, 0.15) is 22.6 Å². The maximum absolute atomic E-state index is 9.55. The molecule has 26 heavy (non-hydrogen) atoms. The first-order chi connectivity index (χ1) is 12.7. The summed E-state index contributed by atoms with van der Waals surface area (Å²) < 4.78 is 10.7. The van der Waals surface area contributed by atoms with E-state index in [1.54, 1.807) is 7.11 Å². The Bertz CT molecular complexity index is 953. The van der Waals surface area contributed by atoms with E-state index in [1.165, 1.54) is 11.3 Å². The van der Waals surface area contributed by atoms with Crippen LogP contribution in [0.2, 0.25) is 0 Å². The van der Waals surface area contributed by atoms with E-state index in [0.717, 1.165) is 28.3 Å². The molecule has 1 aromatic heterocycles. The molecule has 0 atom stereocenters. The molecule has 0 saturated carbocycles. The minimum Gasteiger partial charge on any atom is -0.497 e. The average molecular weight is 362 g/mol. The van der Waals surface area contributed by atoms with E-state index in [2.05, 4.69) is 11.1 Å². The molecule has 4 nitrogen and oxygen atoms in total. The summed E-state index contributed by atoms with van der Waals surface area (Å²) in [6.45, 7) is 2.58. The first kappa shape index (κ1) is 17.7. The van der Waals surface area contributed by atoms with Crippen LogP contribution in [0.3, 0.4) is 0 Å². The summed E-state index contributed by atoms with van der Waals surface area (Å²) in [7, 11) is 1.64. The van der Waals surface area contributed by atoms with Gasteiger partial charge in [0, 0.05) is 10.9 Å². The highest BCUT2D eigenvalue weighted by atomic mass is 32.1. The second-order valence-electron chi connectivity index (χ2n) is 5.44. The Morgan fingerprint density at radius 1 is 1.19 bits per heavy atom. The molecule has 3 aromatic rings. The van der Waals surface area contributed by atoms with Crippen LogP contribution in [0.4, 0.5) is 0 Å². The van der Waals surface area contributed by atoms with Crippen molar-refractivity contribution in [1.82, 2.24) is 4.98 Å². The van der Waals surface area contributed by atoms with Crippen LogP contribution in [-0.2, 0) is 0 Å². The van der Waals surface area contributed by atoms with E-state index in [9.17, 15) is 5.26 Å². The smallest absolute Gasteiger partial charge is 0.134 e. The van der Waals surface area contributed by atoms with Crippen molar-refractivity contribution in [3.05, 3.63) is 64.5 Å². The number of thiazole rings is 1. The number of allylic oxidation sites excluding steroid dienone is 1. The van der Waals surface area contributed by atoms with Crippen LogP contribution < -0.4 is 9.47 Å². The molecule has 0 fully saturated rings. The van der Waals surface area contributed by atoms with Gasteiger partial charge in [-0.05, 0) is 42.8 Å². The molecular weight excluding hydrogens is 344 g/mol. The normalized spacial score (nSPS) is 11.0. The third-order valence-electron chi connectivity index (χ3n) is 3.72. The SMILES string of the molecule is CCOc1ccc(C=C(C#N)c2nc(-c3cccc(OC)c3)cs2)cc1. The Balaban J connectivity index is 1.87. The quantitative estimate of drug-likeness (QED) is 0.560. The Morgan fingerprint density at radius 3 is 2.69 bits per heavy atom. The van der Waals surface area contributed by atoms with Gasteiger partial charge in [-0.15, -0.1) is 11.3 Å². The van der Waals surface area contributed by atoms with Gasteiger partial charge >= 0.3 is 0 Å². The zero-order chi connectivity index (χ0) is 18.4. The van der Waals surface area contributed by atoms with Crippen LogP contribution in [-0.4, -0.2) is 18.7 Å². The third-order valence-corrected chi connectivity index (χ3v) is 4.60. The van der Waals surface area contributed by atoms with Crippen LogP contribution in [0, 0.1) is 11.3 Å². The fourth-order valence-electron chi connectivity index (χ4n) is 2.45. The summed E-state index contributed by atoms with van der Waals surface area (Å²) in [5.41, 5.74) is 3.26. The summed E-state index contributed by atoms with van der Waals surface area (Å²) in [5, 5.41) is 12.2. The van der Waals surface area contributed by atoms with Crippen molar-refractivity contribution in [3.8, 4) is 28.8 Å². The monoisotopic (exact) mass is 362 g/mol. The molecule has 2 aromatic carbocycles. The Labute approximate surface area is 157 Å². The number of rotatable bonds is 6. The third kappa shape index (κ3) is 4.11. The van der Waals surface area contributed by atoms with Crippen molar-refractivity contribution in [3.63, 3.8) is 0 Å². The summed E-state index contributed by atoms with van der Waals surface area (Å²) in [6.07, 6.45) is 1.84. The Morgan fingerprint density at radius 2 is 2.00 bits per heavy atom. The van der Waals surface area contributed by atoms with Gasteiger partial charge in [0.05, 0.1) is 25.0 Å². The van der Waals surface area contributed by atoms with E-state index in [1.807, 2.05) is 66.9 Å². The van der Waals surface area contributed by atoms with E-state index in [4.69, 9.17) is 9.47 Å². The molecule has 130 valence electrons. The van der Waals surface area contributed by atoms with Crippen LogP contribution >= 0.6 is 11.3 Å². The molecule has 0 aliphatic heterocycles. The lowest BCUT2D eigenvalue weighted by Gasteiger charge is -2.03. The predicted octanol–water partition coefficient (Wildman–Crippen LogP) is 5.28. The summed E-state index contributed by atoms with van der Waals surface area (Å²) in [5.74, 6) is 1.60. The van der Waals surface area contributed by atoms with E-state index in [-0.39, 0.29) is 0 Å². The van der Waals surface area contributed by atoms with Gasteiger partial charge in [-0.25, -0.2) is 4.98 Å². The van der Waals surface area contributed by atoms with Gasteiger partial charge in [0.25, 0.3) is 0 Å². The number of ether oxygens (including phenoxy) is 2. The first-order valence-corrected chi connectivity index (χ1v) is 9.06. The summed E-state index contributed by atoms with van der Waals surface area (Å²) >= 11 is 1.45. The lowest BCUT2D eigenvalue weighted by Crippen LogP contribution is -1.90. The van der Waals surface area contributed by atoms with Crippen LogP contribution in [0.1, 0.15) is 17.5 Å². The molecule has 0 radical (unpaired) electrons. The zero-order valence-electron chi connectivity index (χ0n) is 14.6. The standard InChI is InChI=1S/C21H18N2O2S/c1-3-25-18-9-7-15(8-10-18)11-17(13-22)21-23-20(14-26-21)16-5-4-6-19(12-16)24-2/h4-12,14H,3H2,1-2H3. The van der Waals surface area contributed by atoms with Crippen molar-refractivity contribution in [1.29, 1.82) is 5.26 Å². The highest BCUT2D eigenvalue weighted by Crippen LogP contribution is 2.29. The molecule has 0 aliphatic rings. The second kappa shape index (κ2) is 8.32. The van der Waals surface area contributed by atoms with Gasteiger partial charge in [-0.1, -0.05) is 24.3 Å². The highest BCUT2D eigenvalue weighted by molar-refractivity contribution is 7.11. The van der Waals surface area contributed by atoms with Crippen molar-refractivity contribution in [2.24, 2.45) is 0 Å². The number of methoxy groups -OCH3 is 1. The fraction of sp³-hybridized carbons (Fsp3) is 0.143. The molecular formula is C21H18N2O2S. The largest absolute Gasteiger partial charge is 0.497 e. The number of hydrogen-bond donors (Lipinski definition) is 0. The Hall–Kier alpha value is -3.10. The van der Waals surface area contributed by atoms with Crippen molar-refractivity contribution in [2.75, 3.05) is 13.7 Å². The van der Waals surface area contributed by atoms with Gasteiger partial charge in [0.2, 0.25) is 0 Å².